The van der Waals surface area contributed by atoms with E-state index < -0.39 is 17.0 Å². The summed E-state index contributed by atoms with van der Waals surface area (Å²) in [5.74, 6) is -1.16. The van der Waals surface area contributed by atoms with Crippen LogP contribution < -0.4 is 5.32 Å². The number of para-hydroxylation sites is 2. The van der Waals surface area contributed by atoms with E-state index in [1.807, 2.05) is 24.3 Å². The van der Waals surface area contributed by atoms with Gasteiger partial charge in [-0.2, -0.15) is 4.99 Å². The van der Waals surface area contributed by atoms with Crippen molar-refractivity contribution in [1.82, 2.24) is 9.88 Å². The van der Waals surface area contributed by atoms with Gasteiger partial charge in [-0.25, -0.2) is 9.37 Å². The zero-order valence-corrected chi connectivity index (χ0v) is 16.4. The number of hydrogen-bond donors (Lipinski definition) is 1. The van der Waals surface area contributed by atoms with Gasteiger partial charge in [0.2, 0.25) is 16.9 Å². The first-order valence-corrected chi connectivity index (χ1v) is 10.1. The number of amidine groups is 1. The average Bonchev–Trinajstić information content (AvgIpc) is 3.20. The average molecular weight is 414 g/mol. The molecule has 0 bridgehead atoms. The van der Waals surface area contributed by atoms with Crippen LogP contribution >= 0.6 is 23.1 Å². The minimum Gasteiger partial charge on any atom is -0.324 e. The highest BCUT2D eigenvalue weighted by molar-refractivity contribution is 8.15. The van der Waals surface area contributed by atoms with Gasteiger partial charge in [-0.1, -0.05) is 47.4 Å². The van der Waals surface area contributed by atoms with Gasteiger partial charge in [-0.05, 0) is 24.3 Å². The van der Waals surface area contributed by atoms with Crippen LogP contribution in [0.2, 0.25) is 0 Å². The third kappa shape index (κ3) is 3.76. The Hall–Kier alpha value is -2.78. The maximum atomic E-state index is 13.7. The summed E-state index contributed by atoms with van der Waals surface area (Å²) < 4.78 is 14.7. The highest BCUT2D eigenvalue weighted by Gasteiger charge is 2.37. The van der Waals surface area contributed by atoms with Crippen LogP contribution in [0.3, 0.4) is 0 Å². The Morgan fingerprint density at radius 1 is 1.25 bits per heavy atom. The summed E-state index contributed by atoms with van der Waals surface area (Å²) in [5, 5.41) is 2.95. The molecule has 0 spiro atoms. The molecule has 1 aromatic heterocycles. The Labute approximate surface area is 168 Å². The zero-order valence-electron chi connectivity index (χ0n) is 14.8. The number of halogens is 1. The quantitative estimate of drug-likeness (QED) is 0.700. The molecular weight excluding hydrogens is 399 g/mol. The van der Waals surface area contributed by atoms with Crippen LogP contribution in [0.1, 0.15) is 6.42 Å². The third-order valence-corrected chi connectivity index (χ3v) is 6.29. The van der Waals surface area contributed by atoms with Crippen molar-refractivity contribution < 1.29 is 14.0 Å². The minimum absolute atomic E-state index is 0.0684. The number of aliphatic imine (C=N–C) groups is 1. The lowest BCUT2D eigenvalue weighted by molar-refractivity contribution is -0.127. The molecule has 4 rings (SSSR count). The number of nitrogens with one attached hydrogen (secondary N) is 1. The molecule has 28 heavy (non-hydrogen) atoms. The first kappa shape index (κ1) is 18.6. The van der Waals surface area contributed by atoms with Crippen molar-refractivity contribution >= 4 is 61.1 Å². The van der Waals surface area contributed by atoms with Gasteiger partial charge in [0.05, 0.1) is 15.9 Å². The normalized spacial score (nSPS) is 18.2. The third-order valence-electron chi connectivity index (χ3n) is 4.13. The largest absolute Gasteiger partial charge is 0.324 e. The number of thioether (sulfide) groups is 1. The molecular formula is C19H15FN4O2S2. The topological polar surface area (TPSA) is 74.7 Å². The summed E-state index contributed by atoms with van der Waals surface area (Å²) in [6.45, 7) is 0. The predicted octanol–water partition coefficient (Wildman–Crippen LogP) is 4.03. The van der Waals surface area contributed by atoms with E-state index in [0.717, 1.165) is 10.2 Å². The maximum Gasteiger partial charge on any atom is 0.242 e. The fraction of sp³-hybridized carbons (Fsp3) is 0.158. The molecule has 1 saturated heterocycles. The van der Waals surface area contributed by atoms with Crippen molar-refractivity contribution in [1.29, 1.82) is 0 Å². The van der Waals surface area contributed by atoms with E-state index in [-0.39, 0.29) is 18.0 Å². The highest BCUT2D eigenvalue weighted by Crippen LogP contribution is 2.33. The van der Waals surface area contributed by atoms with Crippen molar-refractivity contribution in [3.05, 3.63) is 54.3 Å². The van der Waals surface area contributed by atoms with E-state index in [1.165, 1.54) is 40.1 Å². The summed E-state index contributed by atoms with van der Waals surface area (Å²) in [6.07, 6.45) is -0.0684. The second-order valence-electron chi connectivity index (χ2n) is 6.09. The number of carbonyl (C=O) groups excluding carboxylic acids is 2. The van der Waals surface area contributed by atoms with E-state index in [1.54, 1.807) is 19.2 Å². The minimum atomic E-state index is -0.607. The zero-order chi connectivity index (χ0) is 19.7. The number of carbonyl (C=O) groups is 2. The van der Waals surface area contributed by atoms with Gasteiger partial charge in [0.15, 0.2) is 5.17 Å². The SMILES string of the molecule is CN1C(=O)C(CC(=O)Nc2ccccc2F)S/C1=N\c1nc2ccccc2s1. The summed E-state index contributed by atoms with van der Waals surface area (Å²) >= 11 is 2.65. The molecule has 2 aromatic carbocycles. The fourth-order valence-corrected chi connectivity index (χ4v) is 4.75. The van der Waals surface area contributed by atoms with Crippen LogP contribution in [0.5, 0.6) is 0 Å². The Bertz CT molecular complexity index is 1070. The Kier molecular flexibility index (Phi) is 5.10. The van der Waals surface area contributed by atoms with E-state index >= 15 is 0 Å². The number of thiazole rings is 1. The molecule has 0 aliphatic carbocycles. The lowest BCUT2D eigenvalue weighted by Crippen LogP contribution is -2.30. The second kappa shape index (κ2) is 7.69. The first-order valence-electron chi connectivity index (χ1n) is 8.44. The molecule has 2 amide bonds. The van der Waals surface area contributed by atoms with Crippen LogP contribution in [0.15, 0.2) is 53.5 Å². The van der Waals surface area contributed by atoms with Gasteiger partial charge in [0, 0.05) is 13.5 Å². The summed E-state index contributed by atoms with van der Waals surface area (Å²) in [5.41, 5.74) is 0.948. The van der Waals surface area contributed by atoms with Gasteiger partial charge in [-0.15, -0.1) is 0 Å². The van der Waals surface area contributed by atoms with Gasteiger partial charge in [0.25, 0.3) is 0 Å². The van der Waals surface area contributed by atoms with Crippen molar-refractivity contribution in [3.8, 4) is 0 Å². The number of amides is 2. The molecule has 2 heterocycles. The smallest absolute Gasteiger partial charge is 0.242 e. The standard InChI is InChI=1S/C19H15FN4O2S2/c1-24-17(26)15(10-16(25)21-12-7-3-2-6-11(12)20)28-19(24)23-18-22-13-8-4-5-9-14(13)27-18/h2-9,15H,10H2,1H3,(H,21,25)/b23-19-. The van der Waals surface area contributed by atoms with Gasteiger partial charge >= 0.3 is 0 Å². The summed E-state index contributed by atoms with van der Waals surface area (Å²) in [6, 6.07) is 13.6. The Morgan fingerprint density at radius 3 is 2.79 bits per heavy atom. The second-order valence-corrected chi connectivity index (χ2v) is 8.27. The molecule has 6 nitrogen and oxygen atoms in total. The van der Waals surface area contributed by atoms with Crippen molar-refractivity contribution in [3.63, 3.8) is 0 Å². The van der Waals surface area contributed by atoms with E-state index in [9.17, 15) is 14.0 Å². The van der Waals surface area contributed by atoms with Gasteiger partial charge in [-0.3, -0.25) is 14.5 Å². The lowest BCUT2D eigenvalue weighted by Gasteiger charge is -2.09. The maximum absolute atomic E-state index is 13.7. The lowest BCUT2D eigenvalue weighted by atomic mass is 10.2. The number of fused-ring (bicyclic) bond motifs is 1. The number of rotatable bonds is 4. The number of aromatic nitrogens is 1. The number of nitrogens with zero attached hydrogens (tertiary/aromatic N) is 3. The molecule has 1 aliphatic rings. The van der Waals surface area contributed by atoms with Crippen LogP contribution in [-0.4, -0.2) is 39.2 Å². The first-order chi connectivity index (χ1) is 13.5. The van der Waals surface area contributed by atoms with E-state index in [4.69, 9.17) is 0 Å². The van der Waals surface area contributed by atoms with Gasteiger partial charge in [0.1, 0.15) is 11.1 Å². The molecule has 1 unspecified atom stereocenters. The van der Waals surface area contributed by atoms with Crippen molar-refractivity contribution in [2.45, 2.75) is 11.7 Å². The molecule has 142 valence electrons. The van der Waals surface area contributed by atoms with Crippen LogP contribution in [0, 0.1) is 5.82 Å². The highest BCUT2D eigenvalue weighted by atomic mass is 32.2. The van der Waals surface area contributed by atoms with Crippen LogP contribution in [0.25, 0.3) is 10.2 Å². The Morgan fingerprint density at radius 2 is 2.00 bits per heavy atom. The summed E-state index contributed by atoms with van der Waals surface area (Å²) in [7, 11) is 1.62. The molecule has 3 aromatic rings. The number of anilines is 1. The molecule has 1 aliphatic heterocycles. The van der Waals surface area contributed by atoms with Crippen molar-refractivity contribution in [2.75, 3.05) is 12.4 Å². The van der Waals surface area contributed by atoms with Crippen LogP contribution in [0.4, 0.5) is 15.2 Å². The monoisotopic (exact) mass is 414 g/mol. The van der Waals surface area contributed by atoms with Crippen LogP contribution in [-0.2, 0) is 9.59 Å². The number of benzene rings is 2. The molecule has 1 atom stereocenters. The molecule has 0 radical (unpaired) electrons. The molecule has 1 fully saturated rings. The summed E-state index contributed by atoms with van der Waals surface area (Å²) in [4.78, 5) is 35.1. The fourth-order valence-electron chi connectivity index (χ4n) is 2.72. The molecule has 9 heteroatoms. The van der Waals surface area contributed by atoms with Crippen molar-refractivity contribution in [2.24, 2.45) is 4.99 Å². The van der Waals surface area contributed by atoms with E-state index in [0.29, 0.717) is 10.3 Å². The van der Waals surface area contributed by atoms with E-state index in [2.05, 4.69) is 15.3 Å². The molecule has 1 N–H and O–H groups in total. The Balaban J connectivity index is 1.47. The number of hydrogen-bond acceptors (Lipinski definition) is 6. The van der Waals surface area contributed by atoms with Gasteiger partial charge < -0.3 is 5.32 Å². The molecule has 0 saturated carbocycles. The predicted molar refractivity (Wildman–Crippen MR) is 111 cm³/mol.